The number of carbonyl (C=O) groups excluding carboxylic acids is 1. The van der Waals surface area contributed by atoms with Gasteiger partial charge in [0.25, 0.3) is 0 Å². The Morgan fingerprint density at radius 3 is 2.81 bits per heavy atom. The molecule has 21 heavy (non-hydrogen) atoms. The third kappa shape index (κ3) is 2.91. The maximum atomic E-state index is 12.1. The van der Waals surface area contributed by atoms with Crippen LogP contribution in [0.3, 0.4) is 0 Å². The van der Waals surface area contributed by atoms with Crippen molar-refractivity contribution in [1.29, 1.82) is 5.26 Å². The lowest BCUT2D eigenvalue weighted by Crippen LogP contribution is -2.11. The molecule has 0 N–H and O–H groups in total. The second-order valence-electron chi connectivity index (χ2n) is 5.03. The average molecular weight is 298 g/mol. The molecule has 2 aromatic carbocycles. The van der Waals surface area contributed by atoms with E-state index >= 15 is 0 Å². The molecular weight excluding hydrogens is 286 g/mol. The van der Waals surface area contributed by atoms with Crippen molar-refractivity contribution >= 4 is 17.6 Å². The molecule has 2 aromatic rings. The van der Waals surface area contributed by atoms with Gasteiger partial charge in [0.05, 0.1) is 17.6 Å². The summed E-state index contributed by atoms with van der Waals surface area (Å²) in [7, 11) is 0. The van der Waals surface area contributed by atoms with Gasteiger partial charge in [0.1, 0.15) is 5.75 Å². The molecule has 0 radical (unpaired) electrons. The van der Waals surface area contributed by atoms with Gasteiger partial charge in [0.15, 0.2) is 0 Å². The highest BCUT2D eigenvalue weighted by atomic mass is 35.5. The number of rotatable bonds is 3. The molecule has 1 fully saturated rings. The van der Waals surface area contributed by atoms with Crippen LogP contribution in [0.25, 0.3) is 0 Å². The summed E-state index contributed by atoms with van der Waals surface area (Å²) in [6, 6.07) is 16.2. The van der Waals surface area contributed by atoms with E-state index in [-0.39, 0.29) is 17.8 Å². The predicted octanol–water partition coefficient (Wildman–Crippen LogP) is 3.92. The molecule has 1 aliphatic carbocycles. The second kappa shape index (κ2) is 5.59. The zero-order chi connectivity index (χ0) is 14.8. The lowest BCUT2D eigenvalue weighted by atomic mass is 10.1. The van der Waals surface area contributed by atoms with Crippen LogP contribution in [0.5, 0.6) is 5.75 Å². The predicted molar refractivity (Wildman–Crippen MR) is 79.1 cm³/mol. The quantitative estimate of drug-likeness (QED) is 0.637. The number of benzene rings is 2. The molecule has 2 unspecified atom stereocenters. The summed E-state index contributed by atoms with van der Waals surface area (Å²) in [6.45, 7) is 0. The zero-order valence-corrected chi connectivity index (χ0v) is 11.9. The van der Waals surface area contributed by atoms with Crippen molar-refractivity contribution in [1.82, 2.24) is 0 Å². The molecule has 0 heterocycles. The van der Waals surface area contributed by atoms with Gasteiger partial charge >= 0.3 is 5.97 Å². The van der Waals surface area contributed by atoms with Crippen molar-refractivity contribution in [3.8, 4) is 11.8 Å². The lowest BCUT2D eigenvalue weighted by Gasteiger charge is -2.05. The summed E-state index contributed by atoms with van der Waals surface area (Å²) in [5.74, 6) is 0.111. The van der Waals surface area contributed by atoms with Crippen LogP contribution in [-0.2, 0) is 4.79 Å². The van der Waals surface area contributed by atoms with Gasteiger partial charge in [0, 0.05) is 5.02 Å². The maximum Gasteiger partial charge on any atom is 0.314 e. The molecular formula is C17H12ClNO2. The van der Waals surface area contributed by atoms with E-state index in [0.717, 1.165) is 12.0 Å². The van der Waals surface area contributed by atoms with Gasteiger partial charge in [-0.1, -0.05) is 35.9 Å². The Hall–Kier alpha value is -2.31. The minimum Gasteiger partial charge on any atom is -0.426 e. The Kier molecular flexibility index (Phi) is 3.64. The largest absolute Gasteiger partial charge is 0.426 e. The van der Waals surface area contributed by atoms with E-state index in [1.807, 2.05) is 30.3 Å². The van der Waals surface area contributed by atoms with Crippen LogP contribution < -0.4 is 4.74 Å². The first-order valence-electron chi connectivity index (χ1n) is 6.65. The van der Waals surface area contributed by atoms with E-state index < -0.39 is 0 Å². The fraction of sp³-hybridized carbons (Fsp3) is 0.176. The normalized spacial score (nSPS) is 19.6. The van der Waals surface area contributed by atoms with Crippen LogP contribution in [0.4, 0.5) is 0 Å². The number of hydrogen-bond acceptors (Lipinski definition) is 3. The Balaban J connectivity index is 1.68. The van der Waals surface area contributed by atoms with Crippen LogP contribution >= 0.6 is 11.6 Å². The molecule has 3 rings (SSSR count). The molecule has 0 saturated heterocycles. The summed E-state index contributed by atoms with van der Waals surface area (Å²) in [6.07, 6.45) is 0.751. The molecule has 104 valence electrons. The van der Waals surface area contributed by atoms with Gasteiger partial charge in [-0.3, -0.25) is 4.79 Å². The third-order valence-electron chi connectivity index (χ3n) is 3.58. The van der Waals surface area contributed by atoms with Gasteiger partial charge < -0.3 is 4.74 Å². The average Bonchev–Trinajstić information content (AvgIpc) is 3.28. The van der Waals surface area contributed by atoms with E-state index in [4.69, 9.17) is 21.6 Å². The van der Waals surface area contributed by atoms with Crippen molar-refractivity contribution in [2.45, 2.75) is 12.3 Å². The smallest absolute Gasteiger partial charge is 0.314 e. The molecule has 1 saturated carbocycles. The minimum atomic E-state index is -0.269. The SMILES string of the molecule is N#Cc1cccc(OC(=O)C2CC2c2ccccc2Cl)c1. The van der Waals surface area contributed by atoms with Crippen LogP contribution in [-0.4, -0.2) is 5.97 Å². The van der Waals surface area contributed by atoms with Gasteiger partial charge in [0.2, 0.25) is 0 Å². The monoisotopic (exact) mass is 297 g/mol. The number of carbonyl (C=O) groups is 1. The van der Waals surface area contributed by atoms with Gasteiger partial charge in [-0.25, -0.2) is 0 Å². The first-order valence-corrected chi connectivity index (χ1v) is 7.03. The van der Waals surface area contributed by atoms with Crippen molar-refractivity contribution in [2.75, 3.05) is 0 Å². The number of esters is 1. The first-order chi connectivity index (χ1) is 10.2. The summed E-state index contributed by atoms with van der Waals surface area (Å²) >= 11 is 6.14. The van der Waals surface area contributed by atoms with E-state index in [0.29, 0.717) is 16.3 Å². The molecule has 0 spiro atoms. The Labute approximate surface area is 127 Å². The Bertz CT molecular complexity index is 736. The van der Waals surface area contributed by atoms with Crippen molar-refractivity contribution in [2.24, 2.45) is 5.92 Å². The van der Waals surface area contributed by atoms with Crippen molar-refractivity contribution < 1.29 is 9.53 Å². The molecule has 4 heteroatoms. The fourth-order valence-electron chi connectivity index (χ4n) is 2.40. The van der Waals surface area contributed by atoms with E-state index in [1.54, 1.807) is 24.3 Å². The van der Waals surface area contributed by atoms with Gasteiger partial charge in [-0.2, -0.15) is 5.26 Å². The molecule has 0 amide bonds. The first kappa shape index (κ1) is 13.7. The molecule has 2 atom stereocenters. The highest BCUT2D eigenvalue weighted by molar-refractivity contribution is 6.31. The van der Waals surface area contributed by atoms with Crippen molar-refractivity contribution in [3.05, 3.63) is 64.7 Å². The van der Waals surface area contributed by atoms with E-state index in [2.05, 4.69) is 0 Å². The summed E-state index contributed by atoms with van der Waals surface area (Å²) in [5.41, 5.74) is 1.46. The molecule has 0 aromatic heterocycles. The Morgan fingerprint density at radius 2 is 2.05 bits per heavy atom. The van der Waals surface area contributed by atoms with Crippen molar-refractivity contribution in [3.63, 3.8) is 0 Å². The minimum absolute atomic E-state index is 0.130. The molecule has 0 bridgehead atoms. The van der Waals surface area contributed by atoms with E-state index in [1.165, 1.54) is 0 Å². The van der Waals surface area contributed by atoms with Crippen LogP contribution in [0.15, 0.2) is 48.5 Å². The van der Waals surface area contributed by atoms with Crippen LogP contribution in [0.1, 0.15) is 23.5 Å². The summed E-state index contributed by atoms with van der Waals surface area (Å²) in [4.78, 5) is 12.1. The standard InChI is InChI=1S/C17H12ClNO2/c18-16-7-2-1-6-13(16)14-9-15(14)17(20)21-12-5-3-4-11(8-12)10-19/h1-8,14-15H,9H2. The number of ether oxygens (including phenoxy) is 1. The second-order valence-corrected chi connectivity index (χ2v) is 5.44. The maximum absolute atomic E-state index is 12.1. The summed E-state index contributed by atoms with van der Waals surface area (Å²) in [5, 5.41) is 9.52. The number of hydrogen-bond donors (Lipinski definition) is 0. The topological polar surface area (TPSA) is 50.1 Å². The fourth-order valence-corrected chi connectivity index (χ4v) is 2.67. The zero-order valence-electron chi connectivity index (χ0n) is 11.1. The highest BCUT2D eigenvalue weighted by Crippen LogP contribution is 2.50. The van der Waals surface area contributed by atoms with Crippen LogP contribution in [0.2, 0.25) is 5.02 Å². The molecule has 1 aliphatic rings. The highest BCUT2D eigenvalue weighted by Gasteiger charge is 2.46. The van der Waals surface area contributed by atoms with Gasteiger partial charge in [-0.05, 0) is 42.2 Å². The summed E-state index contributed by atoms with van der Waals surface area (Å²) < 4.78 is 5.34. The Morgan fingerprint density at radius 1 is 1.24 bits per heavy atom. The van der Waals surface area contributed by atoms with E-state index in [9.17, 15) is 4.79 Å². The third-order valence-corrected chi connectivity index (χ3v) is 3.92. The van der Waals surface area contributed by atoms with Crippen LogP contribution in [0, 0.1) is 17.2 Å². The number of halogens is 1. The van der Waals surface area contributed by atoms with Gasteiger partial charge in [-0.15, -0.1) is 0 Å². The molecule has 3 nitrogen and oxygen atoms in total. The number of nitrogens with zero attached hydrogens (tertiary/aromatic N) is 1. The molecule has 0 aliphatic heterocycles. The lowest BCUT2D eigenvalue weighted by molar-refractivity contribution is -0.135. The number of nitriles is 1.